The number of nitrogens with two attached hydrogens (primary N) is 1. The zero-order valence-electron chi connectivity index (χ0n) is 8.95. The lowest BCUT2D eigenvalue weighted by Crippen LogP contribution is -2.27. The molecule has 0 aliphatic heterocycles. The van der Waals surface area contributed by atoms with Crippen molar-refractivity contribution in [2.45, 2.75) is 45.8 Å². The van der Waals surface area contributed by atoms with Crippen molar-refractivity contribution in [3.8, 4) is 0 Å². The molecule has 0 radical (unpaired) electrons. The maximum absolute atomic E-state index is 9.96. The van der Waals surface area contributed by atoms with Crippen molar-refractivity contribution in [1.82, 2.24) is 4.98 Å². The van der Waals surface area contributed by atoms with Gasteiger partial charge in [0.1, 0.15) is 6.10 Å². The summed E-state index contributed by atoms with van der Waals surface area (Å²) in [5.74, 6) is 0. The van der Waals surface area contributed by atoms with E-state index in [4.69, 9.17) is 5.73 Å². The number of rotatable bonds is 4. The van der Waals surface area contributed by atoms with Crippen molar-refractivity contribution < 1.29 is 5.11 Å². The first-order valence-electron chi connectivity index (χ1n) is 4.93. The molecule has 0 saturated carbocycles. The van der Waals surface area contributed by atoms with Crippen molar-refractivity contribution in [2.75, 3.05) is 0 Å². The molecule has 2 atom stereocenters. The van der Waals surface area contributed by atoms with Gasteiger partial charge in [0, 0.05) is 6.04 Å². The van der Waals surface area contributed by atoms with Crippen LogP contribution in [0.25, 0.3) is 0 Å². The Hall–Kier alpha value is -0.450. The van der Waals surface area contributed by atoms with E-state index in [-0.39, 0.29) is 6.04 Å². The minimum absolute atomic E-state index is 0.168. The van der Waals surface area contributed by atoms with E-state index in [0.29, 0.717) is 0 Å². The Bertz CT molecular complexity index is 298. The highest BCUT2D eigenvalue weighted by Crippen LogP contribution is 2.27. The molecule has 3 nitrogen and oxygen atoms in total. The second-order valence-corrected chi connectivity index (χ2v) is 4.81. The summed E-state index contributed by atoms with van der Waals surface area (Å²) in [7, 11) is 0. The molecule has 0 aromatic carbocycles. The Morgan fingerprint density at radius 1 is 1.50 bits per heavy atom. The summed E-state index contributed by atoms with van der Waals surface area (Å²) in [6.07, 6.45) is 1.29. The number of thiazole rings is 1. The predicted octanol–water partition coefficient (Wildman–Crippen LogP) is 1.92. The summed E-state index contributed by atoms with van der Waals surface area (Å²) in [6.45, 7) is 5.93. The first kappa shape index (κ1) is 11.6. The van der Waals surface area contributed by atoms with Crippen molar-refractivity contribution in [1.29, 1.82) is 0 Å². The van der Waals surface area contributed by atoms with Gasteiger partial charge in [-0.05, 0) is 20.3 Å². The van der Waals surface area contributed by atoms with Crippen LogP contribution in [0.2, 0.25) is 0 Å². The van der Waals surface area contributed by atoms with Gasteiger partial charge < -0.3 is 10.8 Å². The fraction of sp³-hybridized carbons (Fsp3) is 0.700. The Kier molecular flexibility index (Phi) is 4.04. The smallest absolute Gasteiger partial charge is 0.105 e. The van der Waals surface area contributed by atoms with Gasteiger partial charge in [-0.1, -0.05) is 13.3 Å². The topological polar surface area (TPSA) is 59.1 Å². The second kappa shape index (κ2) is 4.87. The third-order valence-electron chi connectivity index (χ3n) is 2.24. The Balaban J connectivity index is 2.77. The van der Waals surface area contributed by atoms with Gasteiger partial charge in [0.15, 0.2) is 0 Å². The van der Waals surface area contributed by atoms with Crippen molar-refractivity contribution in [3.63, 3.8) is 0 Å². The minimum atomic E-state index is -0.554. The van der Waals surface area contributed by atoms with Crippen LogP contribution in [0.15, 0.2) is 0 Å². The highest BCUT2D eigenvalue weighted by atomic mass is 32.1. The van der Waals surface area contributed by atoms with E-state index in [1.807, 2.05) is 13.8 Å². The fourth-order valence-corrected chi connectivity index (χ4v) is 2.50. The summed E-state index contributed by atoms with van der Waals surface area (Å²) in [5.41, 5.74) is 6.78. The fourth-order valence-electron chi connectivity index (χ4n) is 1.51. The van der Waals surface area contributed by atoms with Crippen molar-refractivity contribution >= 4 is 11.3 Å². The van der Waals surface area contributed by atoms with Gasteiger partial charge in [0.25, 0.3) is 0 Å². The molecule has 4 heteroatoms. The monoisotopic (exact) mass is 214 g/mol. The van der Waals surface area contributed by atoms with Gasteiger partial charge >= 0.3 is 0 Å². The molecule has 0 aliphatic rings. The lowest BCUT2D eigenvalue weighted by molar-refractivity contribution is 0.144. The van der Waals surface area contributed by atoms with Crippen LogP contribution in [0.5, 0.6) is 0 Å². The van der Waals surface area contributed by atoms with E-state index >= 15 is 0 Å². The van der Waals surface area contributed by atoms with E-state index in [1.54, 1.807) is 0 Å². The molecular formula is C10H18N2OS. The summed E-state index contributed by atoms with van der Waals surface area (Å²) in [5, 5.41) is 10.9. The molecule has 1 aromatic heterocycles. The van der Waals surface area contributed by atoms with Gasteiger partial charge in [-0.2, -0.15) is 0 Å². The first-order valence-corrected chi connectivity index (χ1v) is 5.75. The third kappa shape index (κ3) is 2.53. The van der Waals surface area contributed by atoms with Crippen LogP contribution in [-0.4, -0.2) is 16.1 Å². The molecular weight excluding hydrogens is 196 g/mol. The van der Waals surface area contributed by atoms with Gasteiger partial charge in [0.05, 0.1) is 15.6 Å². The Morgan fingerprint density at radius 2 is 2.14 bits per heavy atom. The van der Waals surface area contributed by atoms with E-state index in [0.717, 1.165) is 28.4 Å². The molecule has 14 heavy (non-hydrogen) atoms. The molecule has 1 rings (SSSR count). The molecule has 1 aromatic rings. The van der Waals surface area contributed by atoms with Crippen LogP contribution in [0.4, 0.5) is 0 Å². The molecule has 80 valence electrons. The number of aryl methyl sites for hydroxylation is 2. The number of aliphatic hydroxyl groups is 1. The lowest BCUT2D eigenvalue weighted by Gasteiger charge is -2.16. The second-order valence-electron chi connectivity index (χ2n) is 3.58. The third-order valence-corrected chi connectivity index (χ3v) is 3.38. The van der Waals surface area contributed by atoms with Crippen LogP contribution in [0, 0.1) is 13.8 Å². The summed E-state index contributed by atoms with van der Waals surface area (Å²) < 4.78 is 0. The standard InChI is InChI=1S/C10H18N2OS/c1-4-5-8(11)9(13)10-6(2)12-7(3)14-10/h8-9,13H,4-5,11H2,1-3H3. The molecule has 0 saturated heterocycles. The maximum Gasteiger partial charge on any atom is 0.105 e. The normalized spacial score (nSPS) is 15.5. The van der Waals surface area contributed by atoms with Gasteiger partial charge in [-0.25, -0.2) is 4.98 Å². The molecule has 0 amide bonds. The summed E-state index contributed by atoms with van der Waals surface area (Å²) >= 11 is 1.54. The lowest BCUT2D eigenvalue weighted by atomic mass is 10.1. The van der Waals surface area contributed by atoms with Crippen LogP contribution in [-0.2, 0) is 0 Å². The minimum Gasteiger partial charge on any atom is -0.386 e. The van der Waals surface area contributed by atoms with Gasteiger partial charge in [-0.3, -0.25) is 0 Å². The van der Waals surface area contributed by atoms with Gasteiger partial charge in [-0.15, -0.1) is 11.3 Å². The van der Waals surface area contributed by atoms with E-state index < -0.39 is 6.10 Å². The van der Waals surface area contributed by atoms with E-state index in [2.05, 4.69) is 11.9 Å². The average molecular weight is 214 g/mol. The quantitative estimate of drug-likeness (QED) is 0.805. The van der Waals surface area contributed by atoms with Crippen LogP contribution < -0.4 is 5.73 Å². The molecule has 1 heterocycles. The number of aromatic nitrogens is 1. The number of aliphatic hydroxyl groups excluding tert-OH is 1. The van der Waals surface area contributed by atoms with Crippen LogP contribution in [0.3, 0.4) is 0 Å². The van der Waals surface area contributed by atoms with Crippen molar-refractivity contribution in [3.05, 3.63) is 15.6 Å². The predicted molar refractivity (Wildman–Crippen MR) is 59.4 cm³/mol. The maximum atomic E-state index is 9.96. The zero-order chi connectivity index (χ0) is 10.7. The van der Waals surface area contributed by atoms with Crippen LogP contribution in [0.1, 0.15) is 41.4 Å². The molecule has 3 N–H and O–H groups in total. The molecule has 0 bridgehead atoms. The molecule has 0 fully saturated rings. The highest BCUT2D eigenvalue weighted by molar-refractivity contribution is 7.11. The molecule has 2 unspecified atom stereocenters. The zero-order valence-corrected chi connectivity index (χ0v) is 9.77. The number of hydrogen-bond donors (Lipinski definition) is 2. The van der Waals surface area contributed by atoms with Crippen molar-refractivity contribution in [2.24, 2.45) is 5.73 Å². The van der Waals surface area contributed by atoms with Gasteiger partial charge in [0.2, 0.25) is 0 Å². The first-order chi connectivity index (χ1) is 6.56. The van der Waals surface area contributed by atoms with Crippen LogP contribution >= 0.6 is 11.3 Å². The number of hydrogen-bond acceptors (Lipinski definition) is 4. The highest BCUT2D eigenvalue weighted by Gasteiger charge is 2.20. The summed E-state index contributed by atoms with van der Waals surface area (Å²) in [6, 6.07) is -0.168. The van der Waals surface area contributed by atoms with E-state index in [1.165, 1.54) is 11.3 Å². The van der Waals surface area contributed by atoms with E-state index in [9.17, 15) is 5.11 Å². The summed E-state index contributed by atoms with van der Waals surface area (Å²) in [4.78, 5) is 5.20. The Labute approximate surface area is 89.0 Å². The SMILES string of the molecule is CCCC(N)C(O)c1sc(C)nc1C. The Morgan fingerprint density at radius 3 is 2.57 bits per heavy atom. The average Bonchev–Trinajstić information content (AvgIpc) is 2.44. The number of nitrogens with zero attached hydrogens (tertiary/aromatic N) is 1. The molecule has 0 aliphatic carbocycles. The molecule has 0 spiro atoms. The largest absolute Gasteiger partial charge is 0.386 e.